The Balaban J connectivity index is 4.15. The van der Waals surface area contributed by atoms with Crippen molar-refractivity contribution < 1.29 is 14.3 Å². The first-order valence-corrected chi connectivity index (χ1v) is 7.04. The van der Waals surface area contributed by atoms with Crippen LogP contribution in [0.2, 0.25) is 0 Å². The van der Waals surface area contributed by atoms with Crippen LogP contribution in [-0.2, 0) is 14.3 Å². The summed E-state index contributed by atoms with van der Waals surface area (Å²) in [6, 6.07) is 0.249. The van der Waals surface area contributed by atoms with Crippen LogP contribution >= 0.6 is 11.8 Å². The van der Waals surface area contributed by atoms with Crippen molar-refractivity contribution >= 4 is 17.7 Å². The minimum atomic E-state index is -0.610. The van der Waals surface area contributed by atoms with E-state index in [9.17, 15) is 4.79 Å². The van der Waals surface area contributed by atoms with E-state index in [2.05, 4.69) is 5.32 Å². The Morgan fingerprint density at radius 3 is 2.53 bits per heavy atom. The van der Waals surface area contributed by atoms with Gasteiger partial charge in [0.05, 0.1) is 7.11 Å². The number of carbonyl (C=O) groups excluding carboxylic acids is 1. The van der Waals surface area contributed by atoms with Gasteiger partial charge in [0.25, 0.3) is 0 Å². The summed E-state index contributed by atoms with van der Waals surface area (Å²) < 4.78 is 9.84. The van der Waals surface area contributed by atoms with Crippen LogP contribution in [0.1, 0.15) is 27.2 Å². The second-order valence-corrected chi connectivity index (χ2v) is 5.63. The minimum absolute atomic E-state index is 0.203. The van der Waals surface area contributed by atoms with Crippen molar-refractivity contribution in [1.82, 2.24) is 5.32 Å². The van der Waals surface area contributed by atoms with Crippen molar-refractivity contribution in [3.8, 4) is 0 Å². The molecule has 102 valence electrons. The molecular weight excluding hydrogens is 238 g/mol. The molecular formula is C12H25NO3S. The lowest BCUT2D eigenvalue weighted by Gasteiger charge is -2.29. The van der Waals surface area contributed by atoms with E-state index in [-0.39, 0.29) is 12.0 Å². The minimum Gasteiger partial charge on any atom is -0.468 e. The predicted octanol–water partition coefficient (Wildman–Crippen LogP) is 1.69. The summed E-state index contributed by atoms with van der Waals surface area (Å²) in [5.74, 6) is 1.49. The summed E-state index contributed by atoms with van der Waals surface area (Å²) >= 11 is 1.74. The lowest BCUT2D eigenvalue weighted by Crippen LogP contribution is -2.55. The van der Waals surface area contributed by atoms with E-state index in [1.54, 1.807) is 18.9 Å². The summed E-state index contributed by atoms with van der Waals surface area (Å²) in [5, 5.41) is 3.27. The first-order valence-electron chi connectivity index (χ1n) is 5.89. The number of thioether (sulfide) groups is 1. The van der Waals surface area contributed by atoms with Crippen LogP contribution < -0.4 is 5.32 Å². The number of methoxy groups -OCH3 is 2. The van der Waals surface area contributed by atoms with Gasteiger partial charge in [-0.2, -0.15) is 11.8 Å². The van der Waals surface area contributed by atoms with Gasteiger partial charge in [0.15, 0.2) is 0 Å². The van der Waals surface area contributed by atoms with E-state index < -0.39 is 5.54 Å². The Morgan fingerprint density at radius 1 is 1.41 bits per heavy atom. The molecule has 0 aromatic rings. The first-order chi connectivity index (χ1) is 7.96. The number of esters is 1. The highest BCUT2D eigenvalue weighted by Gasteiger charge is 2.34. The lowest BCUT2D eigenvalue weighted by atomic mass is 10.0. The van der Waals surface area contributed by atoms with Crippen LogP contribution in [0.3, 0.4) is 0 Å². The molecule has 0 heterocycles. The summed E-state index contributed by atoms with van der Waals surface area (Å²) in [7, 11) is 3.13. The lowest BCUT2D eigenvalue weighted by molar-refractivity contribution is -0.147. The highest BCUT2D eigenvalue weighted by atomic mass is 32.2. The fourth-order valence-electron chi connectivity index (χ4n) is 1.60. The van der Waals surface area contributed by atoms with Gasteiger partial charge in [-0.25, -0.2) is 0 Å². The predicted molar refractivity (Wildman–Crippen MR) is 72.5 cm³/mol. The van der Waals surface area contributed by atoms with E-state index >= 15 is 0 Å². The molecule has 1 N–H and O–H groups in total. The van der Waals surface area contributed by atoms with Gasteiger partial charge in [0, 0.05) is 25.5 Å². The van der Waals surface area contributed by atoms with Gasteiger partial charge in [0.1, 0.15) is 5.54 Å². The molecule has 0 amide bonds. The van der Waals surface area contributed by atoms with Crippen LogP contribution in [0.15, 0.2) is 0 Å². The summed E-state index contributed by atoms with van der Waals surface area (Å²) in [6.07, 6.45) is 1.00. The molecule has 0 spiro atoms. The van der Waals surface area contributed by atoms with Gasteiger partial charge in [-0.1, -0.05) is 0 Å². The van der Waals surface area contributed by atoms with Gasteiger partial charge in [0.2, 0.25) is 0 Å². The maximum atomic E-state index is 11.8. The van der Waals surface area contributed by atoms with Gasteiger partial charge in [-0.15, -0.1) is 0 Å². The van der Waals surface area contributed by atoms with Gasteiger partial charge in [-0.05, 0) is 32.9 Å². The van der Waals surface area contributed by atoms with Crippen LogP contribution in [0, 0.1) is 0 Å². The topological polar surface area (TPSA) is 47.6 Å². The molecule has 0 saturated heterocycles. The Kier molecular flexibility index (Phi) is 8.64. The van der Waals surface area contributed by atoms with Crippen LogP contribution in [0.25, 0.3) is 0 Å². The summed E-state index contributed by atoms with van der Waals surface area (Å²) in [4.78, 5) is 11.8. The Hall–Kier alpha value is -0.260. The SMILES string of the molecule is COCCCSCC(C)(NC(C)C)C(=O)OC. The normalized spacial score (nSPS) is 14.7. The van der Waals surface area contributed by atoms with E-state index in [1.165, 1.54) is 7.11 Å². The third-order valence-corrected chi connectivity index (χ3v) is 3.63. The van der Waals surface area contributed by atoms with E-state index in [4.69, 9.17) is 9.47 Å². The third kappa shape index (κ3) is 6.91. The molecule has 0 saturated carbocycles. The highest BCUT2D eigenvalue weighted by molar-refractivity contribution is 7.99. The number of ether oxygens (including phenoxy) is 2. The molecule has 0 aliphatic rings. The van der Waals surface area contributed by atoms with Crippen molar-refractivity contribution in [2.24, 2.45) is 0 Å². The van der Waals surface area contributed by atoms with Crippen molar-refractivity contribution in [2.45, 2.75) is 38.8 Å². The standard InChI is InChI=1S/C12H25NO3S/c1-10(2)13-12(3,11(14)16-5)9-17-8-6-7-15-4/h10,13H,6-9H2,1-5H3. The molecule has 0 aliphatic carbocycles. The highest BCUT2D eigenvalue weighted by Crippen LogP contribution is 2.16. The molecule has 0 rings (SSSR count). The Morgan fingerprint density at radius 2 is 2.06 bits per heavy atom. The van der Waals surface area contributed by atoms with Crippen LogP contribution in [0.4, 0.5) is 0 Å². The average Bonchev–Trinajstić information content (AvgIpc) is 2.26. The fourth-order valence-corrected chi connectivity index (χ4v) is 2.68. The number of carbonyl (C=O) groups is 1. The first kappa shape index (κ1) is 16.7. The molecule has 1 unspecified atom stereocenters. The van der Waals surface area contributed by atoms with Crippen molar-refractivity contribution in [3.05, 3.63) is 0 Å². The van der Waals surface area contributed by atoms with Crippen molar-refractivity contribution in [3.63, 3.8) is 0 Å². The third-order valence-electron chi connectivity index (χ3n) is 2.27. The molecule has 1 atom stereocenters. The van der Waals surface area contributed by atoms with Crippen molar-refractivity contribution in [1.29, 1.82) is 0 Å². The molecule has 0 aromatic heterocycles. The quantitative estimate of drug-likeness (QED) is 0.507. The fraction of sp³-hybridized carbons (Fsp3) is 0.917. The average molecular weight is 263 g/mol. The maximum absolute atomic E-state index is 11.8. The van der Waals surface area contributed by atoms with Crippen molar-refractivity contribution in [2.75, 3.05) is 32.3 Å². The Labute approximate surface area is 109 Å². The molecule has 0 aliphatic heterocycles. The number of rotatable bonds is 9. The molecule has 0 radical (unpaired) electrons. The molecule has 4 nitrogen and oxygen atoms in total. The smallest absolute Gasteiger partial charge is 0.326 e. The van der Waals surface area contributed by atoms with Gasteiger partial charge < -0.3 is 9.47 Å². The zero-order valence-electron chi connectivity index (χ0n) is 11.5. The second kappa shape index (κ2) is 8.78. The molecule has 17 heavy (non-hydrogen) atoms. The van der Waals surface area contributed by atoms with Crippen LogP contribution in [-0.4, -0.2) is 49.9 Å². The van der Waals surface area contributed by atoms with E-state index in [1.807, 2.05) is 20.8 Å². The maximum Gasteiger partial charge on any atom is 0.326 e. The van der Waals surface area contributed by atoms with E-state index in [0.29, 0.717) is 5.75 Å². The second-order valence-electron chi connectivity index (χ2n) is 4.52. The number of hydrogen-bond acceptors (Lipinski definition) is 5. The number of hydrogen-bond donors (Lipinski definition) is 1. The van der Waals surface area contributed by atoms with E-state index in [0.717, 1.165) is 18.8 Å². The molecule has 5 heteroatoms. The summed E-state index contributed by atoms with van der Waals surface area (Å²) in [5.41, 5.74) is -0.610. The summed E-state index contributed by atoms with van der Waals surface area (Å²) in [6.45, 7) is 6.70. The monoisotopic (exact) mass is 263 g/mol. The molecule has 0 bridgehead atoms. The van der Waals surface area contributed by atoms with Gasteiger partial charge >= 0.3 is 5.97 Å². The van der Waals surface area contributed by atoms with Gasteiger partial charge in [-0.3, -0.25) is 10.1 Å². The molecule has 0 aromatic carbocycles. The molecule has 0 fully saturated rings. The largest absolute Gasteiger partial charge is 0.468 e. The zero-order chi connectivity index (χ0) is 13.3. The van der Waals surface area contributed by atoms with Crippen LogP contribution in [0.5, 0.6) is 0 Å². The number of nitrogens with one attached hydrogen (secondary N) is 1. The zero-order valence-corrected chi connectivity index (χ0v) is 12.4. The Bertz CT molecular complexity index is 224.